The fraction of sp³-hybridized carbons (Fsp3) is 0.429. The Morgan fingerprint density at radius 3 is 2.85 bits per heavy atom. The van der Waals surface area contributed by atoms with Gasteiger partial charge in [0, 0.05) is 17.4 Å². The van der Waals surface area contributed by atoms with Gasteiger partial charge < -0.3 is 15.0 Å². The summed E-state index contributed by atoms with van der Waals surface area (Å²) in [7, 11) is 1.57. The first-order valence-electron chi connectivity index (χ1n) is 6.51. The standard InChI is InChI=1S/C14H17BrN2O3/c1-3-10-14(19)17(7-6-13(18)16-10)11-8-9(15)4-5-12(11)20-2/h4-5,8,10H,3,6-7H2,1-2H3,(H,16,18). The number of nitrogens with one attached hydrogen (secondary N) is 1. The van der Waals surface area contributed by atoms with Gasteiger partial charge >= 0.3 is 0 Å². The van der Waals surface area contributed by atoms with Crippen LogP contribution in [-0.4, -0.2) is 31.5 Å². The zero-order chi connectivity index (χ0) is 14.7. The normalized spacial score (nSPS) is 19.6. The van der Waals surface area contributed by atoms with Crippen molar-refractivity contribution >= 4 is 33.4 Å². The minimum atomic E-state index is -0.478. The van der Waals surface area contributed by atoms with Crippen LogP contribution in [0.2, 0.25) is 0 Å². The van der Waals surface area contributed by atoms with Gasteiger partial charge in [0.25, 0.3) is 0 Å². The number of rotatable bonds is 3. The van der Waals surface area contributed by atoms with Crippen molar-refractivity contribution in [1.29, 1.82) is 0 Å². The highest BCUT2D eigenvalue weighted by Crippen LogP contribution is 2.32. The lowest BCUT2D eigenvalue weighted by molar-refractivity contribution is -0.125. The second-order valence-electron chi connectivity index (χ2n) is 4.58. The van der Waals surface area contributed by atoms with Crippen molar-refractivity contribution in [2.75, 3.05) is 18.6 Å². The first-order valence-corrected chi connectivity index (χ1v) is 7.30. The molecule has 20 heavy (non-hydrogen) atoms. The minimum absolute atomic E-state index is 0.0957. The maximum absolute atomic E-state index is 12.5. The Morgan fingerprint density at radius 2 is 2.20 bits per heavy atom. The molecule has 1 atom stereocenters. The number of nitrogens with zero attached hydrogens (tertiary/aromatic N) is 1. The predicted octanol–water partition coefficient (Wildman–Crippen LogP) is 2.09. The van der Waals surface area contributed by atoms with Gasteiger partial charge in [-0.15, -0.1) is 0 Å². The van der Waals surface area contributed by atoms with Crippen molar-refractivity contribution in [3.8, 4) is 5.75 Å². The van der Waals surface area contributed by atoms with Crippen molar-refractivity contribution < 1.29 is 14.3 Å². The van der Waals surface area contributed by atoms with Gasteiger partial charge in [0.2, 0.25) is 11.8 Å². The van der Waals surface area contributed by atoms with Crippen LogP contribution in [0.3, 0.4) is 0 Å². The van der Waals surface area contributed by atoms with E-state index in [0.29, 0.717) is 24.4 Å². The smallest absolute Gasteiger partial charge is 0.249 e. The summed E-state index contributed by atoms with van der Waals surface area (Å²) >= 11 is 3.40. The van der Waals surface area contributed by atoms with Gasteiger partial charge in [-0.25, -0.2) is 0 Å². The Balaban J connectivity index is 2.41. The largest absolute Gasteiger partial charge is 0.495 e. The lowest BCUT2D eigenvalue weighted by atomic mass is 10.2. The molecule has 0 radical (unpaired) electrons. The Kier molecular flexibility index (Phi) is 4.65. The third-order valence-corrected chi connectivity index (χ3v) is 3.80. The zero-order valence-electron chi connectivity index (χ0n) is 11.5. The molecule has 5 nitrogen and oxygen atoms in total. The van der Waals surface area contributed by atoms with Gasteiger partial charge in [-0.1, -0.05) is 22.9 Å². The van der Waals surface area contributed by atoms with Crippen LogP contribution >= 0.6 is 15.9 Å². The van der Waals surface area contributed by atoms with Crippen LogP contribution in [0.25, 0.3) is 0 Å². The lowest BCUT2D eigenvalue weighted by Crippen LogP contribution is -2.44. The molecule has 1 aromatic rings. The van der Waals surface area contributed by atoms with E-state index < -0.39 is 6.04 Å². The van der Waals surface area contributed by atoms with E-state index in [2.05, 4.69) is 21.2 Å². The Hall–Kier alpha value is -1.56. The highest BCUT2D eigenvalue weighted by atomic mass is 79.9. The number of hydrogen-bond donors (Lipinski definition) is 1. The summed E-state index contributed by atoms with van der Waals surface area (Å²) in [4.78, 5) is 25.8. The average molecular weight is 341 g/mol. The van der Waals surface area contributed by atoms with Crippen LogP contribution < -0.4 is 15.0 Å². The van der Waals surface area contributed by atoms with Crippen LogP contribution in [0, 0.1) is 0 Å². The van der Waals surface area contributed by atoms with Crippen LogP contribution in [0.5, 0.6) is 5.75 Å². The van der Waals surface area contributed by atoms with Gasteiger partial charge in [0.1, 0.15) is 11.8 Å². The van der Waals surface area contributed by atoms with Crippen LogP contribution in [0.15, 0.2) is 22.7 Å². The van der Waals surface area contributed by atoms with Crippen molar-refractivity contribution in [3.05, 3.63) is 22.7 Å². The van der Waals surface area contributed by atoms with E-state index in [-0.39, 0.29) is 18.2 Å². The summed E-state index contributed by atoms with van der Waals surface area (Å²) in [6.07, 6.45) is 0.856. The maximum Gasteiger partial charge on any atom is 0.249 e. The SMILES string of the molecule is CCC1NC(=O)CCN(c2cc(Br)ccc2OC)C1=O. The molecule has 1 heterocycles. The van der Waals surface area contributed by atoms with Crippen molar-refractivity contribution in [1.82, 2.24) is 5.32 Å². The molecule has 0 saturated carbocycles. The molecule has 1 fully saturated rings. The van der Waals surface area contributed by atoms with Crippen molar-refractivity contribution in [3.63, 3.8) is 0 Å². The summed E-state index contributed by atoms with van der Waals surface area (Å²) in [6, 6.07) is 5.01. The molecular weight excluding hydrogens is 324 g/mol. The van der Waals surface area contributed by atoms with E-state index in [0.717, 1.165) is 4.47 Å². The molecule has 0 aromatic heterocycles. The molecule has 0 bridgehead atoms. The van der Waals surface area contributed by atoms with Crippen molar-refractivity contribution in [2.45, 2.75) is 25.8 Å². The highest BCUT2D eigenvalue weighted by Gasteiger charge is 2.30. The summed E-state index contributed by atoms with van der Waals surface area (Å²) < 4.78 is 6.18. The highest BCUT2D eigenvalue weighted by molar-refractivity contribution is 9.10. The average Bonchev–Trinajstić information content (AvgIpc) is 2.58. The lowest BCUT2D eigenvalue weighted by Gasteiger charge is -2.25. The topological polar surface area (TPSA) is 58.6 Å². The second kappa shape index (κ2) is 6.26. The first-order chi connectivity index (χ1) is 9.56. The molecular formula is C14H17BrN2O3. The fourth-order valence-corrected chi connectivity index (χ4v) is 2.58. The minimum Gasteiger partial charge on any atom is -0.495 e. The number of carbonyl (C=O) groups excluding carboxylic acids is 2. The quantitative estimate of drug-likeness (QED) is 0.916. The number of halogens is 1. The van der Waals surface area contributed by atoms with Crippen LogP contribution in [-0.2, 0) is 9.59 Å². The molecule has 1 N–H and O–H groups in total. The molecule has 1 aliphatic heterocycles. The zero-order valence-corrected chi connectivity index (χ0v) is 13.1. The summed E-state index contributed by atoms with van der Waals surface area (Å²) in [6.45, 7) is 2.23. The number of carbonyl (C=O) groups is 2. The van der Waals surface area contributed by atoms with Gasteiger partial charge in [-0.3, -0.25) is 9.59 Å². The Morgan fingerprint density at radius 1 is 1.45 bits per heavy atom. The number of hydrogen-bond acceptors (Lipinski definition) is 3. The van der Waals surface area contributed by atoms with E-state index in [4.69, 9.17) is 4.74 Å². The molecule has 1 aliphatic rings. The van der Waals surface area contributed by atoms with E-state index in [1.54, 1.807) is 18.1 Å². The molecule has 108 valence electrons. The number of methoxy groups -OCH3 is 1. The molecule has 0 spiro atoms. The van der Waals surface area contributed by atoms with Crippen LogP contribution in [0.4, 0.5) is 5.69 Å². The van der Waals surface area contributed by atoms with Crippen LogP contribution in [0.1, 0.15) is 19.8 Å². The van der Waals surface area contributed by atoms with Gasteiger partial charge in [0.05, 0.1) is 12.8 Å². The molecule has 6 heteroatoms. The summed E-state index contributed by atoms with van der Waals surface area (Å²) in [5.41, 5.74) is 0.682. The van der Waals surface area contributed by atoms with Crippen molar-refractivity contribution in [2.24, 2.45) is 0 Å². The first kappa shape index (κ1) is 14.8. The van der Waals surface area contributed by atoms with E-state index in [1.807, 2.05) is 19.1 Å². The monoisotopic (exact) mass is 340 g/mol. The molecule has 0 aliphatic carbocycles. The number of benzene rings is 1. The van der Waals surface area contributed by atoms with E-state index in [1.165, 1.54) is 0 Å². The molecule has 2 amide bonds. The number of anilines is 1. The third kappa shape index (κ3) is 2.95. The molecule has 2 rings (SSSR count). The molecule has 1 saturated heterocycles. The summed E-state index contributed by atoms with van der Waals surface area (Å²) in [5, 5.41) is 2.75. The van der Waals surface area contributed by atoms with Gasteiger partial charge in [0.15, 0.2) is 0 Å². The summed E-state index contributed by atoms with van der Waals surface area (Å²) in [5.74, 6) is 0.419. The van der Waals surface area contributed by atoms with E-state index >= 15 is 0 Å². The predicted molar refractivity (Wildman–Crippen MR) is 79.9 cm³/mol. The second-order valence-corrected chi connectivity index (χ2v) is 5.50. The Bertz CT molecular complexity index is 533. The van der Waals surface area contributed by atoms with E-state index in [9.17, 15) is 9.59 Å². The van der Waals surface area contributed by atoms with Gasteiger partial charge in [-0.05, 0) is 24.6 Å². The fourth-order valence-electron chi connectivity index (χ4n) is 2.23. The molecule has 1 unspecified atom stereocenters. The number of ether oxygens (including phenoxy) is 1. The molecule has 1 aromatic carbocycles. The third-order valence-electron chi connectivity index (χ3n) is 3.30. The maximum atomic E-state index is 12.5. The Labute approximate surface area is 126 Å². The number of amides is 2. The van der Waals surface area contributed by atoms with Gasteiger partial charge in [-0.2, -0.15) is 0 Å².